The molecule has 798 valence electrons. The maximum absolute atomic E-state index is 14.4. The molecule has 3 heterocycles. The summed E-state index contributed by atoms with van der Waals surface area (Å²) in [5, 5.41) is 27.9. The molecule has 16 unspecified atom stereocenters. The lowest BCUT2D eigenvalue weighted by atomic mass is 9.78. The molecule has 3 aliphatic rings. The molecule has 0 aromatic heterocycles. The SMILES string of the molecule is CC(=O)NC1C(OCCCCC(=O)NCCCNC(=O)CCOCC(COCCC(=O)NCCCNC(=O)CCCCOC2OC(COC(C)=O)C(OC(C)=O)C(OC(C)=O)C2NC(C)=O)(COCCC(=O)NCCCNC(=O)CCCCOC2OC(COC(C)=O)C(OC(C)=O)C(OC(C)=O)C2NC(C)=O)NC(=O)CCC(C)(C)CC(C)CCC(C)C)OC(COC(C)=O)C(OC(C)=O)C1OC(C)=O. The van der Waals surface area contributed by atoms with Crippen LogP contribution in [0.4, 0.5) is 0 Å². The summed E-state index contributed by atoms with van der Waals surface area (Å²) in [5.74, 6) is -9.83. The van der Waals surface area contributed by atoms with Gasteiger partial charge in [0, 0.05) is 187 Å². The number of ether oxygens (including phenoxy) is 18. The maximum Gasteiger partial charge on any atom is 0.303 e. The van der Waals surface area contributed by atoms with E-state index in [9.17, 15) is 91.1 Å². The van der Waals surface area contributed by atoms with Gasteiger partial charge in [-0.05, 0) is 87.9 Å². The van der Waals surface area contributed by atoms with Gasteiger partial charge in [0.1, 0.15) is 61.8 Å². The van der Waals surface area contributed by atoms with Crippen molar-refractivity contribution in [3.63, 3.8) is 0 Å². The van der Waals surface area contributed by atoms with Gasteiger partial charge >= 0.3 is 53.7 Å². The topological polar surface area (TPSA) is 611 Å². The van der Waals surface area contributed by atoms with Gasteiger partial charge in [0.2, 0.25) is 59.1 Å². The van der Waals surface area contributed by atoms with E-state index in [0.29, 0.717) is 76.0 Å². The fraction of sp³-hybridized carbons (Fsp3) is 0.796. The zero-order valence-corrected chi connectivity index (χ0v) is 84.3. The molecule has 0 bridgehead atoms. The number of amides is 10. The van der Waals surface area contributed by atoms with E-state index in [1.807, 2.05) is 0 Å². The van der Waals surface area contributed by atoms with Gasteiger partial charge in [-0.1, -0.05) is 47.5 Å². The number of hydrogen-bond acceptors (Lipinski definition) is 37. The summed E-state index contributed by atoms with van der Waals surface area (Å²) >= 11 is 0. The van der Waals surface area contributed by atoms with Crippen LogP contribution in [0.2, 0.25) is 0 Å². The molecular weight excluding hydrogens is 1850 g/mol. The summed E-state index contributed by atoms with van der Waals surface area (Å²) < 4.78 is 103. The Morgan fingerprint density at radius 3 is 0.814 bits per heavy atom. The van der Waals surface area contributed by atoms with Crippen LogP contribution in [-0.4, -0.2) is 329 Å². The number of esters is 9. The summed E-state index contributed by atoms with van der Waals surface area (Å²) in [6.45, 7) is 23.1. The van der Waals surface area contributed by atoms with Crippen molar-refractivity contribution in [2.45, 2.75) is 344 Å². The number of unbranched alkanes of at least 4 members (excludes halogenated alkanes) is 3. The lowest BCUT2D eigenvalue weighted by molar-refractivity contribution is -0.277. The minimum atomic E-state index is -1.47. The van der Waals surface area contributed by atoms with Crippen LogP contribution >= 0.6 is 0 Å². The third-order valence-corrected chi connectivity index (χ3v) is 21.6. The molecule has 3 aliphatic heterocycles. The molecule has 3 saturated heterocycles. The smallest absolute Gasteiger partial charge is 0.303 e. The highest BCUT2D eigenvalue weighted by Crippen LogP contribution is 2.35. The molecule has 3 fully saturated rings. The van der Waals surface area contributed by atoms with E-state index in [1.54, 1.807) is 0 Å². The van der Waals surface area contributed by atoms with Gasteiger partial charge in [0.25, 0.3) is 0 Å². The van der Waals surface area contributed by atoms with Crippen LogP contribution in [-0.2, 0) is 176 Å². The van der Waals surface area contributed by atoms with Gasteiger partial charge in [0.05, 0.1) is 39.6 Å². The van der Waals surface area contributed by atoms with E-state index in [2.05, 4.69) is 87.8 Å². The first-order chi connectivity index (χ1) is 66.2. The van der Waals surface area contributed by atoms with E-state index in [1.165, 1.54) is 20.8 Å². The first kappa shape index (κ1) is 124. The minimum Gasteiger partial charge on any atom is -0.463 e. The first-order valence-corrected chi connectivity index (χ1v) is 47.9. The number of rotatable bonds is 69. The Kier molecular flexibility index (Phi) is 60.0. The van der Waals surface area contributed by atoms with Crippen molar-refractivity contribution in [3.05, 3.63) is 0 Å². The van der Waals surface area contributed by atoms with Crippen molar-refractivity contribution in [2.75, 3.05) is 119 Å². The van der Waals surface area contributed by atoms with E-state index < -0.39 is 206 Å². The molecule has 0 aliphatic carbocycles. The normalized spacial score (nSPS) is 21.6. The molecule has 0 radical (unpaired) electrons. The number of nitrogens with one attached hydrogen (secondary N) is 10. The van der Waals surface area contributed by atoms with Crippen LogP contribution < -0.4 is 53.2 Å². The molecule has 47 nitrogen and oxygen atoms in total. The Morgan fingerprint density at radius 2 is 0.564 bits per heavy atom. The number of hydrogen-bond donors (Lipinski definition) is 10. The summed E-state index contributed by atoms with van der Waals surface area (Å²) in [5.41, 5.74) is -1.73. The largest absolute Gasteiger partial charge is 0.463 e. The average molecular weight is 2000 g/mol. The fourth-order valence-electron chi connectivity index (χ4n) is 15.3. The van der Waals surface area contributed by atoms with Crippen LogP contribution in [0.5, 0.6) is 0 Å². The molecule has 0 saturated carbocycles. The minimum absolute atomic E-state index is 0.00904. The zero-order valence-electron chi connectivity index (χ0n) is 84.3. The van der Waals surface area contributed by atoms with Gasteiger partial charge in [-0.15, -0.1) is 0 Å². The lowest BCUT2D eigenvalue weighted by Crippen LogP contribution is -2.66. The van der Waals surface area contributed by atoms with E-state index in [0.717, 1.165) is 81.6 Å². The van der Waals surface area contributed by atoms with Gasteiger partial charge in [-0.25, -0.2) is 0 Å². The quantitative estimate of drug-likeness (QED) is 0.0235. The second kappa shape index (κ2) is 67.9. The molecule has 10 amide bonds. The zero-order chi connectivity index (χ0) is 104. The second-order valence-electron chi connectivity index (χ2n) is 36.0. The molecule has 3 rings (SSSR count). The van der Waals surface area contributed by atoms with E-state index >= 15 is 0 Å². The fourth-order valence-corrected chi connectivity index (χ4v) is 15.3. The van der Waals surface area contributed by atoms with Gasteiger partial charge in [-0.2, -0.15) is 0 Å². The lowest BCUT2D eigenvalue weighted by Gasteiger charge is -2.44. The molecule has 0 aromatic rings. The van der Waals surface area contributed by atoms with E-state index in [4.69, 9.17) is 85.3 Å². The highest BCUT2D eigenvalue weighted by Gasteiger charge is 2.55. The molecule has 16 atom stereocenters. The van der Waals surface area contributed by atoms with Gasteiger partial charge < -0.3 is 138 Å². The van der Waals surface area contributed by atoms with Crippen LogP contribution in [0.1, 0.15) is 246 Å². The molecule has 140 heavy (non-hydrogen) atoms. The van der Waals surface area contributed by atoms with Crippen molar-refractivity contribution < 1.29 is 176 Å². The second-order valence-corrected chi connectivity index (χ2v) is 36.0. The predicted octanol–water partition coefficient (Wildman–Crippen LogP) is 1.73. The summed E-state index contributed by atoms with van der Waals surface area (Å²) in [7, 11) is 0. The molecule has 10 N–H and O–H groups in total. The molecule has 0 aromatic carbocycles. The van der Waals surface area contributed by atoms with Gasteiger partial charge in [0.15, 0.2) is 55.5 Å². The number of carbonyl (C=O) groups excluding carboxylic acids is 19. The van der Waals surface area contributed by atoms with Crippen LogP contribution in [0.15, 0.2) is 0 Å². The van der Waals surface area contributed by atoms with E-state index in [-0.39, 0.29) is 173 Å². The van der Waals surface area contributed by atoms with Crippen molar-refractivity contribution >= 4 is 113 Å². The van der Waals surface area contributed by atoms with Crippen LogP contribution in [0, 0.1) is 17.3 Å². The maximum atomic E-state index is 14.4. The molecule has 0 spiro atoms. The Labute approximate surface area is 818 Å². The molecule has 47 heteroatoms. The summed E-state index contributed by atoms with van der Waals surface area (Å²) in [6, 6.07) is -3.51. The summed E-state index contributed by atoms with van der Waals surface area (Å²) in [6.07, 6.45) is -8.92. The standard InChI is InChI=1S/C93H154N10O37/c1-56(2)30-31-57(3)49-92(16,17)36-32-79(122)103-93(53-123-46-33-76(119)97-40-24-37-94-73(116)27-18-21-43-126-89-80(100-58(4)104)86(135-67(13)113)83(132-64(10)110)70(138-89)50-129-61(7)107,54-124-47-34-77(120)98-41-25-38-95-74(117)28-19-22-44-127-90-81(101-59(5)105)87(136-68(14)114)84(133-65(11)111)71(139-90)51-130-62(8)108)55-125-48-35-78(121)99-42-26-39-96-75(118)29-20-23-45-128-91-82(102-60(6)106)88(137-69(15)115)85(134-66(12)112)72(140-91)52-131-63(9)109/h56-57,70-72,80-91H,18-55H2,1-17H3,(H,94,116)(H,95,117)(H,96,118)(H,97,119)(H,98,120)(H,99,121)(H,100,104)(H,101,105)(H,102,106)(H,103,122). The van der Waals surface area contributed by atoms with Gasteiger partial charge in [-0.3, -0.25) is 91.1 Å². The van der Waals surface area contributed by atoms with Crippen LogP contribution in [0.3, 0.4) is 0 Å². The monoisotopic (exact) mass is 2000 g/mol. The number of carbonyl (C=O) groups is 19. The third kappa shape index (κ3) is 54.5. The first-order valence-electron chi connectivity index (χ1n) is 47.9. The van der Waals surface area contributed by atoms with Crippen molar-refractivity contribution in [2.24, 2.45) is 17.3 Å². The average Bonchev–Trinajstić information content (AvgIpc) is 0.793. The van der Waals surface area contributed by atoms with Crippen molar-refractivity contribution in [3.8, 4) is 0 Å². The van der Waals surface area contributed by atoms with Crippen molar-refractivity contribution in [1.82, 2.24) is 53.2 Å². The predicted molar refractivity (Wildman–Crippen MR) is 491 cm³/mol. The summed E-state index contributed by atoms with van der Waals surface area (Å²) in [4.78, 5) is 239. The Morgan fingerprint density at radius 1 is 0.300 bits per heavy atom. The van der Waals surface area contributed by atoms with Crippen molar-refractivity contribution in [1.29, 1.82) is 0 Å². The highest BCUT2D eigenvalue weighted by atomic mass is 16.7. The molecular formula is C93H154N10O37. The van der Waals surface area contributed by atoms with Crippen LogP contribution in [0.25, 0.3) is 0 Å². The Hall–Kier alpha value is -10.4. The highest BCUT2D eigenvalue weighted by molar-refractivity contribution is 5.80. The Bertz CT molecular complexity index is 3590. The Balaban J connectivity index is 1.69. The third-order valence-electron chi connectivity index (χ3n) is 21.6.